The maximum absolute atomic E-state index is 13.1. The van der Waals surface area contributed by atoms with Gasteiger partial charge in [-0.05, 0) is 55.7 Å². The zero-order valence-electron chi connectivity index (χ0n) is 15.3. The van der Waals surface area contributed by atoms with Gasteiger partial charge in [0.25, 0.3) is 11.8 Å². The van der Waals surface area contributed by atoms with Gasteiger partial charge in [0.15, 0.2) is 6.61 Å². The van der Waals surface area contributed by atoms with Crippen molar-refractivity contribution in [3.05, 3.63) is 54.3 Å². The van der Waals surface area contributed by atoms with Crippen molar-refractivity contribution in [2.24, 2.45) is 0 Å². The normalized spacial score (nSPS) is 14.1. The summed E-state index contributed by atoms with van der Waals surface area (Å²) >= 11 is 0. The predicted octanol–water partition coefficient (Wildman–Crippen LogP) is 3.93. The number of piperidine rings is 1. The van der Waals surface area contributed by atoms with E-state index in [1.54, 1.807) is 24.3 Å². The van der Waals surface area contributed by atoms with E-state index in [0.717, 1.165) is 25.9 Å². The second-order valence-corrected chi connectivity index (χ2v) is 6.69. The van der Waals surface area contributed by atoms with Crippen LogP contribution in [0.2, 0.25) is 0 Å². The fraction of sp³-hybridized carbons (Fsp3) is 0.286. The zero-order valence-corrected chi connectivity index (χ0v) is 15.3. The van der Waals surface area contributed by atoms with Gasteiger partial charge in [-0.15, -0.1) is 0 Å². The van der Waals surface area contributed by atoms with E-state index < -0.39 is 0 Å². The van der Waals surface area contributed by atoms with Gasteiger partial charge in [0.1, 0.15) is 11.6 Å². The van der Waals surface area contributed by atoms with Crippen LogP contribution >= 0.6 is 0 Å². The van der Waals surface area contributed by atoms with Gasteiger partial charge >= 0.3 is 0 Å². The highest BCUT2D eigenvalue weighted by Gasteiger charge is 2.17. The number of hydrogen-bond acceptors (Lipinski definition) is 5. The van der Waals surface area contributed by atoms with Crippen LogP contribution in [0.15, 0.2) is 53.1 Å². The van der Waals surface area contributed by atoms with Crippen LogP contribution in [-0.4, -0.2) is 40.6 Å². The smallest absolute Gasteiger partial charge is 0.260 e. The lowest BCUT2D eigenvalue weighted by atomic mass is 10.1. The monoisotopic (exact) mass is 381 g/mol. The first-order valence-corrected chi connectivity index (χ1v) is 9.30. The maximum atomic E-state index is 13.1. The lowest BCUT2D eigenvalue weighted by Gasteiger charge is -2.26. The van der Waals surface area contributed by atoms with Crippen molar-refractivity contribution in [3.8, 4) is 28.6 Å². The summed E-state index contributed by atoms with van der Waals surface area (Å²) in [7, 11) is 0. The summed E-state index contributed by atoms with van der Waals surface area (Å²) in [5.41, 5.74) is 1.35. The van der Waals surface area contributed by atoms with E-state index >= 15 is 0 Å². The third-order valence-corrected chi connectivity index (χ3v) is 4.68. The minimum atomic E-state index is -0.326. The summed E-state index contributed by atoms with van der Waals surface area (Å²) in [6, 6.07) is 13.0. The third-order valence-electron chi connectivity index (χ3n) is 4.68. The summed E-state index contributed by atoms with van der Waals surface area (Å²) < 4.78 is 24.0. The molecular weight excluding hydrogens is 361 g/mol. The fourth-order valence-electron chi connectivity index (χ4n) is 3.16. The minimum absolute atomic E-state index is 0.00302. The van der Waals surface area contributed by atoms with Gasteiger partial charge in [-0.1, -0.05) is 17.3 Å². The Bertz CT molecular complexity index is 950. The van der Waals surface area contributed by atoms with Crippen LogP contribution in [-0.2, 0) is 4.79 Å². The Morgan fingerprint density at radius 1 is 1.07 bits per heavy atom. The highest BCUT2D eigenvalue weighted by Crippen LogP contribution is 2.25. The number of likely N-dealkylation sites (tertiary alicyclic amines) is 1. The van der Waals surface area contributed by atoms with Crippen LogP contribution in [0.3, 0.4) is 0 Å². The molecule has 1 amide bonds. The molecule has 1 aromatic heterocycles. The number of ether oxygens (including phenoxy) is 1. The van der Waals surface area contributed by atoms with E-state index in [1.165, 1.54) is 18.6 Å². The molecule has 2 heterocycles. The van der Waals surface area contributed by atoms with Gasteiger partial charge in [-0.2, -0.15) is 4.98 Å². The maximum Gasteiger partial charge on any atom is 0.260 e. The molecule has 0 aliphatic carbocycles. The van der Waals surface area contributed by atoms with E-state index in [4.69, 9.17) is 9.26 Å². The number of carbonyl (C=O) groups excluding carboxylic acids is 1. The van der Waals surface area contributed by atoms with Gasteiger partial charge < -0.3 is 14.2 Å². The van der Waals surface area contributed by atoms with Gasteiger partial charge in [0, 0.05) is 24.2 Å². The molecule has 0 atom stereocenters. The topological polar surface area (TPSA) is 68.5 Å². The average molecular weight is 381 g/mol. The van der Waals surface area contributed by atoms with Crippen molar-refractivity contribution in [1.29, 1.82) is 0 Å². The molecule has 0 radical (unpaired) electrons. The molecule has 144 valence electrons. The molecule has 7 heteroatoms. The second kappa shape index (κ2) is 8.21. The molecule has 1 fully saturated rings. The Balaban J connectivity index is 1.43. The molecule has 2 aromatic carbocycles. The Hall–Kier alpha value is -3.22. The molecule has 6 nitrogen and oxygen atoms in total. The largest absolute Gasteiger partial charge is 0.484 e. The standard InChI is InChI=1S/C21H20FN3O3/c22-17-9-7-15(8-10-17)21-23-20(24-28-21)16-5-4-6-18(13-16)27-14-19(26)25-11-2-1-3-12-25/h4-10,13H,1-3,11-12,14H2. The first kappa shape index (κ1) is 18.2. The van der Waals surface area contributed by atoms with Crippen molar-refractivity contribution in [2.75, 3.05) is 19.7 Å². The number of hydrogen-bond donors (Lipinski definition) is 0. The quantitative estimate of drug-likeness (QED) is 0.670. The highest BCUT2D eigenvalue weighted by atomic mass is 19.1. The van der Waals surface area contributed by atoms with Gasteiger partial charge in [0.05, 0.1) is 0 Å². The fourth-order valence-corrected chi connectivity index (χ4v) is 3.16. The Kier molecular flexibility index (Phi) is 5.32. The first-order chi connectivity index (χ1) is 13.7. The predicted molar refractivity (Wildman–Crippen MR) is 101 cm³/mol. The summed E-state index contributed by atoms with van der Waals surface area (Å²) in [5.74, 6) is 0.945. The summed E-state index contributed by atoms with van der Waals surface area (Å²) in [4.78, 5) is 18.5. The number of amides is 1. The number of nitrogens with zero attached hydrogens (tertiary/aromatic N) is 3. The van der Waals surface area contributed by atoms with Crippen LogP contribution in [0.5, 0.6) is 5.75 Å². The van der Waals surface area contributed by atoms with Gasteiger partial charge in [0.2, 0.25) is 5.82 Å². The van der Waals surface area contributed by atoms with Crippen LogP contribution < -0.4 is 4.74 Å². The Morgan fingerprint density at radius 2 is 1.86 bits per heavy atom. The molecule has 0 saturated carbocycles. The molecule has 0 N–H and O–H groups in total. The van der Waals surface area contributed by atoms with E-state index in [1.807, 2.05) is 17.0 Å². The van der Waals surface area contributed by atoms with Crippen molar-refractivity contribution >= 4 is 5.91 Å². The van der Waals surface area contributed by atoms with Gasteiger partial charge in [-0.25, -0.2) is 4.39 Å². The molecule has 4 rings (SSSR count). The van der Waals surface area contributed by atoms with E-state index in [0.29, 0.717) is 28.6 Å². The van der Waals surface area contributed by atoms with Crippen molar-refractivity contribution in [3.63, 3.8) is 0 Å². The van der Waals surface area contributed by atoms with E-state index in [9.17, 15) is 9.18 Å². The molecule has 28 heavy (non-hydrogen) atoms. The van der Waals surface area contributed by atoms with Crippen LogP contribution in [0, 0.1) is 5.82 Å². The van der Waals surface area contributed by atoms with Crippen LogP contribution in [0.4, 0.5) is 4.39 Å². The molecule has 0 unspecified atom stereocenters. The van der Waals surface area contributed by atoms with Gasteiger partial charge in [-0.3, -0.25) is 4.79 Å². The van der Waals surface area contributed by atoms with Crippen molar-refractivity contribution < 1.29 is 18.4 Å². The summed E-state index contributed by atoms with van der Waals surface area (Å²) in [6.07, 6.45) is 3.28. The molecule has 1 saturated heterocycles. The number of halogens is 1. The molecule has 1 aliphatic heterocycles. The third kappa shape index (κ3) is 4.19. The zero-order chi connectivity index (χ0) is 19.3. The first-order valence-electron chi connectivity index (χ1n) is 9.30. The van der Waals surface area contributed by atoms with Crippen LogP contribution in [0.25, 0.3) is 22.8 Å². The van der Waals surface area contributed by atoms with Crippen molar-refractivity contribution in [1.82, 2.24) is 15.0 Å². The lowest BCUT2D eigenvalue weighted by molar-refractivity contribution is -0.134. The number of carbonyl (C=O) groups is 1. The minimum Gasteiger partial charge on any atom is -0.484 e. The van der Waals surface area contributed by atoms with Crippen molar-refractivity contribution in [2.45, 2.75) is 19.3 Å². The molecule has 0 bridgehead atoms. The number of rotatable bonds is 5. The number of benzene rings is 2. The molecule has 0 spiro atoms. The lowest BCUT2D eigenvalue weighted by Crippen LogP contribution is -2.38. The SMILES string of the molecule is O=C(COc1cccc(-c2noc(-c3ccc(F)cc3)n2)c1)N1CCCCC1. The summed E-state index contributed by atoms with van der Waals surface area (Å²) in [5, 5.41) is 3.98. The van der Waals surface area contributed by atoms with Crippen LogP contribution in [0.1, 0.15) is 19.3 Å². The molecule has 1 aliphatic rings. The molecular formula is C21H20FN3O3. The molecule has 3 aromatic rings. The average Bonchev–Trinajstić information content (AvgIpc) is 3.24. The highest BCUT2D eigenvalue weighted by molar-refractivity contribution is 5.78. The Labute approximate surface area is 161 Å². The van der Waals surface area contributed by atoms with E-state index in [-0.39, 0.29) is 18.3 Å². The Morgan fingerprint density at radius 3 is 2.64 bits per heavy atom. The van der Waals surface area contributed by atoms with E-state index in [2.05, 4.69) is 10.1 Å². The number of aromatic nitrogens is 2. The second-order valence-electron chi connectivity index (χ2n) is 6.69. The summed E-state index contributed by atoms with van der Waals surface area (Å²) in [6.45, 7) is 1.62.